The van der Waals surface area contributed by atoms with E-state index in [2.05, 4.69) is 4.98 Å². The zero-order valence-corrected chi connectivity index (χ0v) is 15.2. The molecule has 26 heavy (non-hydrogen) atoms. The molecule has 3 rings (SSSR count). The number of carbonyl (C=O) groups is 1. The standard InChI is InChI=1S/C19H17N3O3S/c1-3-21(19-20-18-13(2)6-4-9-16(18)26-19)17(23)11-10-14-7-5-8-15(12-14)22(24)25/h4-12H,3H2,1-2H3. The third kappa shape index (κ3) is 3.62. The molecule has 2 aromatic carbocycles. The fraction of sp³-hybridized carbons (Fsp3) is 0.158. The largest absolute Gasteiger partial charge is 0.285 e. The first kappa shape index (κ1) is 17.8. The average Bonchev–Trinajstić information content (AvgIpc) is 3.06. The Hall–Kier alpha value is -3.06. The van der Waals surface area contributed by atoms with Gasteiger partial charge in [-0.3, -0.25) is 19.8 Å². The van der Waals surface area contributed by atoms with Gasteiger partial charge in [-0.05, 0) is 37.1 Å². The summed E-state index contributed by atoms with van der Waals surface area (Å²) in [6.07, 6.45) is 3.00. The summed E-state index contributed by atoms with van der Waals surface area (Å²) in [4.78, 5) is 29.2. The average molecular weight is 367 g/mol. The minimum atomic E-state index is -0.457. The highest BCUT2D eigenvalue weighted by atomic mass is 32.1. The number of amides is 1. The van der Waals surface area contributed by atoms with Crippen LogP contribution in [0, 0.1) is 17.0 Å². The molecule has 1 amide bonds. The molecule has 1 heterocycles. The van der Waals surface area contributed by atoms with Crippen molar-refractivity contribution in [3.05, 3.63) is 69.8 Å². The van der Waals surface area contributed by atoms with Gasteiger partial charge < -0.3 is 0 Å². The second kappa shape index (κ2) is 7.45. The number of benzene rings is 2. The number of nitro benzene ring substituents is 1. The van der Waals surface area contributed by atoms with Crippen LogP contribution in [0.4, 0.5) is 10.8 Å². The lowest BCUT2D eigenvalue weighted by Gasteiger charge is -2.15. The summed E-state index contributed by atoms with van der Waals surface area (Å²) in [6, 6.07) is 12.1. The van der Waals surface area contributed by atoms with E-state index in [1.165, 1.54) is 29.5 Å². The maximum atomic E-state index is 12.6. The van der Waals surface area contributed by atoms with E-state index in [9.17, 15) is 14.9 Å². The van der Waals surface area contributed by atoms with Crippen LogP contribution in [-0.2, 0) is 4.79 Å². The third-order valence-electron chi connectivity index (χ3n) is 3.92. The smallest absolute Gasteiger partial charge is 0.270 e. The van der Waals surface area contributed by atoms with Crippen molar-refractivity contribution in [3.8, 4) is 0 Å². The summed E-state index contributed by atoms with van der Waals surface area (Å²) in [6.45, 7) is 4.36. The molecule has 0 fully saturated rings. The van der Waals surface area contributed by atoms with Gasteiger partial charge in [-0.25, -0.2) is 4.98 Å². The van der Waals surface area contributed by atoms with Gasteiger partial charge >= 0.3 is 0 Å². The van der Waals surface area contributed by atoms with Gasteiger partial charge in [0.05, 0.1) is 15.1 Å². The molecule has 132 valence electrons. The Bertz CT molecular complexity index is 1010. The van der Waals surface area contributed by atoms with Crippen LogP contribution in [0.3, 0.4) is 0 Å². The lowest BCUT2D eigenvalue weighted by atomic mass is 10.2. The van der Waals surface area contributed by atoms with E-state index in [1.54, 1.807) is 23.1 Å². The fourth-order valence-corrected chi connectivity index (χ4v) is 3.69. The highest BCUT2D eigenvalue weighted by Gasteiger charge is 2.16. The number of para-hydroxylation sites is 1. The highest BCUT2D eigenvalue weighted by molar-refractivity contribution is 7.22. The van der Waals surface area contributed by atoms with E-state index in [4.69, 9.17) is 0 Å². The molecular formula is C19H17N3O3S. The van der Waals surface area contributed by atoms with Crippen molar-refractivity contribution in [2.24, 2.45) is 0 Å². The van der Waals surface area contributed by atoms with Gasteiger partial charge in [0.1, 0.15) is 0 Å². The van der Waals surface area contributed by atoms with Crippen molar-refractivity contribution in [1.29, 1.82) is 0 Å². The van der Waals surface area contributed by atoms with Crippen molar-refractivity contribution in [2.75, 3.05) is 11.4 Å². The molecule has 0 bridgehead atoms. The number of likely N-dealkylation sites (N-methyl/N-ethyl adjacent to an activating group) is 1. The molecule has 0 atom stereocenters. The summed E-state index contributed by atoms with van der Waals surface area (Å²) >= 11 is 1.47. The number of aromatic nitrogens is 1. The van der Waals surface area contributed by atoms with Crippen LogP contribution in [0.1, 0.15) is 18.1 Å². The first-order valence-corrected chi connectivity index (χ1v) is 8.91. The first-order valence-electron chi connectivity index (χ1n) is 8.09. The number of hydrogen-bond donors (Lipinski definition) is 0. The van der Waals surface area contributed by atoms with Crippen molar-refractivity contribution < 1.29 is 9.72 Å². The minimum Gasteiger partial charge on any atom is -0.285 e. The number of aryl methyl sites for hydroxylation is 1. The number of thiazole rings is 1. The van der Waals surface area contributed by atoms with Gasteiger partial charge in [0.2, 0.25) is 0 Å². The highest BCUT2D eigenvalue weighted by Crippen LogP contribution is 2.30. The number of carbonyl (C=O) groups excluding carboxylic acids is 1. The predicted octanol–water partition coefficient (Wildman–Crippen LogP) is 4.58. The summed E-state index contributed by atoms with van der Waals surface area (Å²) in [7, 11) is 0. The van der Waals surface area contributed by atoms with Crippen LogP contribution in [0.5, 0.6) is 0 Å². The Morgan fingerprint density at radius 2 is 2.08 bits per heavy atom. The maximum absolute atomic E-state index is 12.6. The molecule has 0 aliphatic rings. The summed E-state index contributed by atoms with van der Waals surface area (Å²) < 4.78 is 1.04. The van der Waals surface area contributed by atoms with E-state index < -0.39 is 4.92 Å². The fourth-order valence-electron chi connectivity index (χ4n) is 2.57. The zero-order valence-electron chi connectivity index (χ0n) is 14.4. The summed E-state index contributed by atoms with van der Waals surface area (Å²) in [5.41, 5.74) is 2.57. The van der Waals surface area contributed by atoms with Crippen LogP contribution < -0.4 is 4.90 Å². The van der Waals surface area contributed by atoms with Gasteiger partial charge in [-0.1, -0.05) is 35.6 Å². The van der Waals surface area contributed by atoms with E-state index in [0.717, 1.165) is 15.8 Å². The number of nitrogens with zero attached hydrogens (tertiary/aromatic N) is 3. The van der Waals surface area contributed by atoms with Crippen LogP contribution in [0.2, 0.25) is 0 Å². The summed E-state index contributed by atoms with van der Waals surface area (Å²) in [5.74, 6) is -0.212. The van der Waals surface area contributed by atoms with Crippen molar-refractivity contribution in [1.82, 2.24) is 4.98 Å². The third-order valence-corrected chi connectivity index (χ3v) is 4.97. The van der Waals surface area contributed by atoms with Crippen LogP contribution in [-0.4, -0.2) is 22.4 Å². The second-order valence-corrected chi connectivity index (χ2v) is 6.70. The number of nitro groups is 1. The van der Waals surface area contributed by atoms with Gasteiger partial charge in [-0.15, -0.1) is 0 Å². The van der Waals surface area contributed by atoms with Crippen LogP contribution in [0.15, 0.2) is 48.5 Å². The lowest BCUT2D eigenvalue weighted by molar-refractivity contribution is -0.384. The number of hydrogen-bond acceptors (Lipinski definition) is 5. The summed E-state index contributed by atoms with van der Waals surface area (Å²) in [5, 5.41) is 11.5. The molecule has 0 spiro atoms. The molecule has 1 aromatic heterocycles. The van der Waals surface area contributed by atoms with Crippen molar-refractivity contribution in [2.45, 2.75) is 13.8 Å². The van der Waals surface area contributed by atoms with Gasteiger partial charge in [0.15, 0.2) is 5.13 Å². The van der Waals surface area contributed by atoms with E-state index >= 15 is 0 Å². The van der Waals surface area contributed by atoms with Gasteiger partial charge in [0.25, 0.3) is 11.6 Å². The molecule has 3 aromatic rings. The van der Waals surface area contributed by atoms with E-state index in [-0.39, 0.29) is 11.6 Å². The second-order valence-electron chi connectivity index (χ2n) is 5.69. The maximum Gasteiger partial charge on any atom is 0.270 e. The van der Waals surface area contributed by atoms with E-state index in [0.29, 0.717) is 17.2 Å². The Kier molecular flexibility index (Phi) is 5.09. The molecule has 0 aliphatic carbocycles. The normalized spacial score (nSPS) is 11.2. The SMILES string of the molecule is CCN(C(=O)C=Cc1cccc([N+](=O)[O-])c1)c1nc2c(C)cccc2s1. The molecular weight excluding hydrogens is 350 g/mol. The minimum absolute atomic E-state index is 0.00593. The molecule has 0 aliphatic heterocycles. The van der Waals surface area contributed by atoms with Crippen molar-refractivity contribution in [3.63, 3.8) is 0 Å². The molecule has 0 saturated carbocycles. The quantitative estimate of drug-likeness (QED) is 0.376. The lowest BCUT2D eigenvalue weighted by Crippen LogP contribution is -2.28. The molecule has 0 saturated heterocycles. The Morgan fingerprint density at radius 1 is 1.31 bits per heavy atom. The topological polar surface area (TPSA) is 76.3 Å². The first-order chi connectivity index (χ1) is 12.5. The van der Waals surface area contributed by atoms with E-state index in [1.807, 2.05) is 32.0 Å². The van der Waals surface area contributed by atoms with Crippen LogP contribution in [0.25, 0.3) is 16.3 Å². The number of rotatable bonds is 5. The molecule has 0 radical (unpaired) electrons. The molecule has 6 nitrogen and oxygen atoms in total. The predicted molar refractivity (Wildman–Crippen MR) is 105 cm³/mol. The van der Waals surface area contributed by atoms with Crippen molar-refractivity contribution >= 4 is 44.4 Å². The Labute approximate surface area is 154 Å². The Morgan fingerprint density at radius 3 is 2.77 bits per heavy atom. The molecule has 7 heteroatoms. The monoisotopic (exact) mass is 367 g/mol. The number of fused-ring (bicyclic) bond motifs is 1. The van der Waals surface area contributed by atoms with Gasteiger partial charge in [-0.2, -0.15) is 0 Å². The molecule has 0 unspecified atom stereocenters. The molecule has 0 N–H and O–H groups in total. The van der Waals surface area contributed by atoms with Gasteiger partial charge in [0, 0.05) is 24.8 Å². The number of non-ortho nitro benzene ring substituents is 1. The number of anilines is 1. The Balaban J connectivity index is 1.85. The van der Waals surface area contributed by atoms with Crippen LogP contribution >= 0.6 is 11.3 Å². The zero-order chi connectivity index (χ0) is 18.7.